The number of amides is 1. The van der Waals surface area contributed by atoms with Gasteiger partial charge in [-0.25, -0.2) is 22.9 Å². The normalized spacial score (nSPS) is 42.3. The number of nitrogens with zero attached hydrogens (tertiary/aromatic N) is 2. The van der Waals surface area contributed by atoms with Crippen molar-refractivity contribution in [2.45, 2.75) is 146 Å². The summed E-state index contributed by atoms with van der Waals surface area (Å²) in [7, 11) is -0.416. The van der Waals surface area contributed by atoms with E-state index in [2.05, 4.69) is 15.0 Å². The van der Waals surface area contributed by atoms with Crippen LogP contribution in [0.4, 0.5) is 4.79 Å². The van der Waals surface area contributed by atoms with Crippen LogP contribution < -0.4 is 10.0 Å². The summed E-state index contributed by atoms with van der Waals surface area (Å²) in [6.45, 7) is 13.7. The van der Waals surface area contributed by atoms with Gasteiger partial charge in [-0.3, -0.25) is 9.59 Å². The maximum Gasteiger partial charge on any atom is 0.408 e. The van der Waals surface area contributed by atoms with Crippen LogP contribution in [0.1, 0.15) is 74.7 Å². The van der Waals surface area contributed by atoms with Crippen molar-refractivity contribution >= 4 is 27.9 Å². The number of hydrogen-bond donors (Lipinski definition) is 3. The molecule has 15 atom stereocenters. The number of hydrogen-bond acceptors (Lipinski definition) is 14. The lowest BCUT2D eigenvalue weighted by molar-refractivity contribution is -0.302. The topological polar surface area (TPSA) is 201 Å². The summed E-state index contributed by atoms with van der Waals surface area (Å²) in [5, 5.41) is 14.2. The van der Waals surface area contributed by atoms with Crippen LogP contribution in [0.15, 0.2) is 29.4 Å². The van der Waals surface area contributed by atoms with Gasteiger partial charge >= 0.3 is 12.1 Å². The number of pyridine rings is 1. The lowest BCUT2D eigenvalue weighted by atomic mass is 9.73. The quantitative estimate of drug-likeness (QED) is 0.340. The van der Waals surface area contributed by atoms with Gasteiger partial charge in [-0.2, -0.15) is 0 Å². The van der Waals surface area contributed by atoms with E-state index in [1.807, 2.05) is 32.8 Å². The first-order chi connectivity index (χ1) is 25.7. The molecular weight excluding hydrogens is 737 g/mol. The molecule has 0 radical (unpaired) electrons. The number of fused-ring (bicyclic) bond motifs is 4. The van der Waals surface area contributed by atoms with Crippen LogP contribution in [0.2, 0.25) is 0 Å². The molecule has 3 N–H and O–H groups in total. The van der Waals surface area contributed by atoms with Gasteiger partial charge in [0.1, 0.15) is 18.0 Å². The summed E-state index contributed by atoms with van der Waals surface area (Å²) in [6.07, 6.45) is -3.82. The summed E-state index contributed by atoms with van der Waals surface area (Å²) in [4.78, 5) is 47.4. The predicted octanol–water partition coefficient (Wildman–Crippen LogP) is 2.42. The number of aliphatic hydroxyl groups excluding tert-OH is 1. The number of esters is 1. The van der Waals surface area contributed by atoms with Crippen LogP contribution in [-0.4, -0.2) is 135 Å². The zero-order valence-electron chi connectivity index (χ0n) is 33.6. The molecule has 4 saturated heterocycles. The highest BCUT2D eigenvalue weighted by molar-refractivity contribution is 7.89. The van der Waals surface area contributed by atoms with Crippen molar-refractivity contribution in [3.05, 3.63) is 24.4 Å². The molecular formula is C38H60N4O12S. The minimum Gasteiger partial charge on any atom is -0.458 e. The minimum absolute atomic E-state index is 0.0708. The van der Waals surface area contributed by atoms with E-state index < -0.39 is 99.7 Å². The summed E-state index contributed by atoms with van der Waals surface area (Å²) < 4.78 is 68.1. The number of sulfonamides is 1. The lowest BCUT2D eigenvalue weighted by Gasteiger charge is -2.48. The minimum atomic E-state index is -4.15. The van der Waals surface area contributed by atoms with Gasteiger partial charge < -0.3 is 43.7 Å². The van der Waals surface area contributed by atoms with Crippen molar-refractivity contribution in [2.24, 2.45) is 23.7 Å². The molecule has 55 heavy (non-hydrogen) atoms. The first-order valence-corrected chi connectivity index (χ1v) is 20.8. The fourth-order valence-corrected chi connectivity index (χ4v) is 10.1. The van der Waals surface area contributed by atoms with E-state index >= 15 is 0 Å². The molecule has 5 heterocycles. The number of cyclic esters (lactones) is 1. The van der Waals surface area contributed by atoms with E-state index in [0.717, 1.165) is 0 Å². The van der Waals surface area contributed by atoms with Crippen LogP contribution in [0.25, 0.3) is 0 Å². The van der Waals surface area contributed by atoms with Gasteiger partial charge in [0.05, 0.1) is 55.1 Å². The summed E-state index contributed by atoms with van der Waals surface area (Å²) >= 11 is 0. The first kappa shape index (κ1) is 43.4. The van der Waals surface area contributed by atoms with Gasteiger partial charge in [0, 0.05) is 30.0 Å². The molecule has 4 aliphatic heterocycles. The van der Waals surface area contributed by atoms with E-state index in [-0.39, 0.29) is 49.0 Å². The fourth-order valence-electron chi connectivity index (χ4n) is 8.98. The Morgan fingerprint density at radius 2 is 1.78 bits per heavy atom. The van der Waals surface area contributed by atoms with Crippen LogP contribution >= 0.6 is 0 Å². The number of ketones is 1. The third kappa shape index (κ3) is 9.03. The molecule has 0 aromatic carbocycles. The molecule has 1 unspecified atom stereocenters. The Balaban J connectivity index is 1.63. The van der Waals surface area contributed by atoms with Gasteiger partial charge in [0.15, 0.2) is 16.9 Å². The summed E-state index contributed by atoms with van der Waals surface area (Å²) in [6, 6.07) is 2.44. The van der Waals surface area contributed by atoms with Crippen molar-refractivity contribution < 1.29 is 56.3 Å². The zero-order valence-corrected chi connectivity index (χ0v) is 34.4. The number of ether oxygens (including phenoxy) is 6. The SMILES string of the molecule is CC[C@H]1OC(=O)[C@H](C)[C@H]2OCC(NS(=O)(=O)c3ccccn3)CO[C@](C)(C[C@@H](C)C(=O)[C@H](C)[C@H]3NC(=O)O[C@@]31C)[C@H](O[C@@H]1O[C@H](C)C[C@H](N(C)C)[C@H]1O)[C@H]2C. The standard InChI is InChI=1S/C38H60N4O12S/c1-11-27-38(8)32(40-36(46)54-38)22(4)29(43)20(2)17-37(7)33(53-35-30(44)26(42(9)10)16-21(3)51-35)23(5)31(24(6)34(45)52-27)49-18-25(19-50-37)41-55(47,48)28-14-12-13-15-39-28/h12-15,20-27,30-33,35,41,44H,11,16-19H2,1-10H3,(H,40,46)/t20-,21-,22+,23+,24-,25?,26+,27-,30-,31+,32-,33-,35+,37-,38-/m1/s1. The zero-order chi connectivity index (χ0) is 40.6. The number of carbonyl (C=O) groups is 3. The fraction of sp³-hybridized carbons (Fsp3) is 0.789. The van der Waals surface area contributed by atoms with Crippen LogP contribution in [-0.2, 0) is 48.0 Å². The van der Waals surface area contributed by atoms with E-state index in [1.54, 1.807) is 53.7 Å². The molecule has 0 spiro atoms. The largest absolute Gasteiger partial charge is 0.458 e. The number of aliphatic hydroxyl groups is 1. The molecule has 16 nitrogen and oxygen atoms in total. The molecule has 2 bridgehead atoms. The smallest absolute Gasteiger partial charge is 0.408 e. The average molecular weight is 797 g/mol. The van der Waals surface area contributed by atoms with Gasteiger partial charge in [-0.05, 0) is 73.2 Å². The van der Waals surface area contributed by atoms with Gasteiger partial charge in [0.25, 0.3) is 10.0 Å². The summed E-state index contributed by atoms with van der Waals surface area (Å²) in [5.74, 6) is -4.00. The highest BCUT2D eigenvalue weighted by Gasteiger charge is 2.58. The maximum absolute atomic E-state index is 14.5. The number of rotatable bonds is 7. The molecule has 0 aliphatic carbocycles. The van der Waals surface area contributed by atoms with Crippen molar-refractivity contribution in [1.82, 2.24) is 19.9 Å². The average Bonchev–Trinajstić information content (AvgIpc) is 3.46. The molecule has 17 heteroatoms. The Kier molecular flexibility index (Phi) is 13.4. The van der Waals surface area contributed by atoms with Crippen molar-refractivity contribution in [2.75, 3.05) is 27.3 Å². The van der Waals surface area contributed by atoms with Crippen molar-refractivity contribution in [3.8, 4) is 0 Å². The molecule has 1 amide bonds. The number of alkyl carbamates (subject to hydrolysis) is 1. The van der Waals surface area contributed by atoms with Crippen LogP contribution in [0.3, 0.4) is 0 Å². The third-order valence-electron chi connectivity index (χ3n) is 12.0. The molecule has 4 fully saturated rings. The van der Waals surface area contributed by atoms with E-state index in [9.17, 15) is 27.9 Å². The number of nitrogens with one attached hydrogen (secondary N) is 2. The Labute approximate surface area is 324 Å². The second kappa shape index (κ2) is 17.0. The molecule has 1 aromatic rings. The third-order valence-corrected chi connectivity index (χ3v) is 13.4. The number of Topliss-reactive ketones (excluding diaryl/α,β-unsaturated/α-hetero) is 1. The molecule has 1 aromatic heterocycles. The molecule has 4 aliphatic rings. The second-order valence-electron chi connectivity index (χ2n) is 16.5. The van der Waals surface area contributed by atoms with Crippen LogP contribution in [0, 0.1) is 23.7 Å². The van der Waals surface area contributed by atoms with E-state index in [4.69, 9.17) is 28.4 Å². The van der Waals surface area contributed by atoms with E-state index in [0.29, 0.717) is 6.42 Å². The van der Waals surface area contributed by atoms with Crippen LogP contribution in [0.5, 0.6) is 0 Å². The van der Waals surface area contributed by atoms with E-state index in [1.165, 1.54) is 12.3 Å². The highest BCUT2D eigenvalue weighted by atomic mass is 32.2. The van der Waals surface area contributed by atoms with Crippen molar-refractivity contribution in [1.29, 1.82) is 0 Å². The van der Waals surface area contributed by atoms with Gasteiger partial charge in [0.2, 0.25) is 0 Å². The molecule has 0 saturated carbocycles. The Bertz CT molecular complexity index is 1640. The highest BCUT2D eigenvalue weighted by Crippen LogP contribution is 2.42. The lowest BCUT2D eigenvalue weighted by Crippen LogP contribution is -2.60. The Morgan fingerprint density at radius 3 is 2.42 bits per heavy atom. The first-order valence-electron chi connectivity index (χ1n) is 19.3. The molecule has 310 valence electrons. The number of likely N-dealkylation sites (N-methyl/N-ethyl adjacent to an activating group) is 1. The number of aromatic nitrogens is 1. The number of carbonyl (C=O) groups excluding carboxylic acids is 3. The maximum atomic E-state index is 14.5. The monoisotopic (exact) mass is 796 g/mol. The summed E-state index contributed by atoms with van der Waals surface area (Å²) in [5.41, 5.74) is -2.74. The van der Waals surface area contributed by atoms with Gasteiger partial charge in [-0.1, -0.05) is 33.8 Å². The Morgan fingerprint density at radius 1 is 1.07 bits per heavy atom. The Hall–Kier alpha value is -2.77. The van der Waals surface area contributed by atoms with Crippen molar-refractivity contribution in [3.63, 3.8) is 0 Å². The van der Waals surface area contributed by atoms with Gasteiger partial charge in [-0.15, -0.1) is 0 Å². The predicted molar refractivity (Wildman–Crippen MR) is 198 cm³/mol. The second-order valence-corrected chi connectivity index (χ2v) is 18.2. The molecule has 5 rings (SSSR count).